The molecule has 2 aromatic heterocycles. The number of hydrogen-bond donors (Lipinski definition) is 1. The summed E-state index contributed by atoms with van der Waals surface area (Å²) in [6.45, 7) is 3.18. The van der Waals surface area contributed by atoms with E-state index in [2.05, 4.69) is 20.5 Å². The molecule has 7 nitrogen and oxygen atoms in total. The maximum atomic E-state index is 13.4. The van der Waals surface area contributed by atoms with Crippen molar-refractivity contribution in [1.82, 2.24) is 15.2 Å². The van der Waals surface area contributed by atoms with E-state index in [0.717, 1.165) is 49.7 Å². The predicted molar refractivity (Wildman–Crippen MR) is 123 cm³/mol. The number of hydrogen-bond acceptors (Lipinski definition) is 6. The van der Waals surface area contributed by atoms with E-state index in [0.29, 0.717) is 29.5 Å². The molecule has 1 saturated carbocycles. The van der Waals surface area contributed by atoms with E-state index in [1.807, 2.05) is 19.1 Å². The van der Waals surface area contributed by atoms with Crippen LogP contribution in [-0.2, 0) is 4.74 Å². The number of ether oxygens (including phenoxy) is 1. The fourth-order valence-corrected chi connectivity index (χ4v) is 4.72. The second kappa shape index (κ2) is 8.96. The first-order chi connectivity index (χ1) is 16.4. The zero-order valence-corrected chi connectivity index (χ0v) is 18.8. The lowest BCUT2D eigenvalue weighted by molar-refractivity contribution is 0.0148. The van der Waals surface area contributed by atoms with E-state index >= 15 is 0 Å². The molecule has 0 radical (unpaired) electrons. The average molecular weight is 466 g/mol. The molecule has 3 heterocycles. The van der Waals surface area contributed by atoms with Gasteiger partial charge in [-0.25, -0.2) is 13.6 Å². The van der Waals surface area contributed by atoms with E-state index < -0.39 is 17.2 Å². The number of nitrogens with zero attached hydrogens (tertiary/aromatic N) is 4. The Morgan fingerprint density at radius 3 is 2.53 bits per heavy atom. The summed E-state index contributed by atoms with van der Waals surface area (Å²) < 4.78 is 32.7. The van der Waals surface area contributed by atoms with Crippen LogP contribution in [-0.4, -0.2) is 40.0 Å². The van der Waals surface area contributed by atoms with Gasteiger partial charge in [-0.3, -0.25) is 9.88 Å². The third-order valence-electron chi connectivity index (χ3n) is 6.57. The standard InChI is InChI=1S/C25H25F2N5O2/c1-16-10-21(6-9-28-16)32-15-25(34-24(32)33)7-4-17(5-8-25)14-29-23-3-2-22(30-31-23)18-11-19(26)13-20(27)12-18/h2-3,6,9-13,17H,4-5,7-8,14-15H2,1H3,(H,29,31)/t17-,25-. The number of pyridine rings is 1. The highest BCUT2D eigenvalue weighted by Crippen LogP contribution is 2.40. The van der Waals surface area contributed by atoms with Gasteiger partial charge in [0, 0.05) is 30.1 Å². The molecule has 1 aliphatic carbocycles. The number of benzene rings is 1. The van der Waals surface area contributed by atoms with Crippen molar-refractivity contribution in [2.45, 2.75) is 38.2 Å². The Morgan fingerprint density at radius 2 is 1.85 bits per heavy atom. The van der Waals surface area contributed by atoms with E-state index in [-0.39, 0.29) is 6.09 Å². The fourth-order valence-electron chi connectivity index (χ4n) is 4.72. The summed E-state index contributed by atoms with van der Waals surface area (Å²) in [7, 11) is 0. The molecule has 2 aliphatic rings. The molecular formula is C25H25F2N5O2. The lowest BCUT2D eigenvalue weighted by Crippen LogP contribution is -2.39. The van der Waals surface area contributed by atoms with Crippen LogP contribution in [0, 0.1) is 24.5 Å². The van der Waals surface area contributed by atoms with Crippen LogP contribution in [0.25, 0.3) is 11.3 Å². The Hall–Kier alpha value is -3.62. The largest absolute Gasteiger partial charge is 0.441 e. The molecular weight excluding hydrogens is 440 g/mol. The van der Waals surface area contributed by atoms with Crippen LogP contribution >= 0.6 is 0 Å². The molecule has 34 heavy (non-hydrogen) atoms. The summed E-state index contributed by atoms with van der Waals surface area (Å²) >= 11 is 0. The SMILES string of the molecule is Cc1cc(N2C[C@]3(CC[C@@H](CNc4ccc(-c5cc(F)cc(F)c5)nn4)CC3)OC2=O)ccn1. The molecule has 1 N–H and O–H groups in total. The first-order valence-corrected chi connectivity index (χ1v) is 11.4. The maximum Gasteiger partial charge on any atom is 0.415 e. The van der Waals surface area contributed by atoms with Gasteiger partial charge in [0.1, 0.15) is 23.1 Å². The summed E-state index contributed by atoms with van der Waals surface area (Å²) in [5, 5.41) is 11.5. The Kier molecular flexibility index (Phi) is 5.85. The molecule has 176 valence electrons. The van der Waals surface area contributed by atoms with Gasteiger partial charge in [-0.2, -0.15) is 0 Å². The van der Waals surface area contributed by atoms with Crippen molar-refractivity contribution in [1.29, 1.82) is 0 Å². The summed E-state index contributed by atoms with van der Waals surface area (Å²) in [6.07, 6.45) is 4.88. The van der Waals surface area contributed by atoms with Crippen LogP contribution in [0.4, 0.5) is 25.1 Å². The number of nitrogens with one attached hydrogen (secondary N) is 1. The van der Waals surface area contributed by atoms with Crippen molar-refractivity contribution in [3.8, 4) is 11.3 Å². The highest BCUT2D eigenvalue weighted by atomic mass is 19.1. The first-order valence-electron chi connectivity index (χ1n) is 11.4. The number of carbonyl (C=O) groups excluding carboxylic acids is 1. The van der Waals surface area contributed by atoms with Crippen molar-refractivity contribution in [2.24, 2.45) is 5.92 Å². The molecule has 1 aliphatic heterocycles. The van der Waals surface area contributed by atoms with Crippen LogP contribution in [0.5, 0.6) is 0 Å². The number of carbonyl (C=O) groups is 1. The second-order valence-corrected chi connectivity index (χ2v) is 9.08. The third kappa shape index (κ3) is 4.69. The Bertz CT molecular complexity index is 1180. The number of rotatable bonds is 5. The zero-order valence-electron chi connectivity index (χ0n) is 18.8. The minimum atomic E-state index is -0.652. The summed E-state index contributed by atoms with van der Waals surface area (Å²) in [5.74, 6) is -0.283. The van der Waals surface area contributed by atoms with Crippen molar-refractivity contribution >= 4 is 17.6 Å². The number of anilines is 2. The van der Waals surface area contributed by atoms with Crippen molar-refractivity contribution in [3.63, 3.8) is 0 Å². The van der Waals surface area contributed by atoms with Gasteiger partial charge in [0.2, 0.25) is 0 Å². The molecule has 9 heteroatoms. The molecule has 2 fully saturated rings. The number of amides is 1. The van der Waals surface area contributed by atoms with E-state index in [4.69, 9.17) is 4.74 Å². The summed E-state index contributed by atoms with van der Waals surface area (Å²) in [5.41, 5.74) is 1.99. The van der Waals surface area contributed by atoms with Crippen molar-refractivity contribution in [3.05, 3.63) is 66.0 Å². The lowest BCUT2D eigenvalue weighted by Gasteiger charge is -2.35. The molecule has 1 saturated heterocycles. The van der Waals surface area contributed by atoms with Crippen LogP contribution in [0.2, 0.25) is 0 Å². The van der Waals surface area contributed by atoms with Gasteiger partial charge < -0.3 is 10.1 Å². The second-order valence-electron chi connectivity index (χ2n) is 9.08. The minimum Gasteiger partial charge on any atom is -0.441 e. The fraction of sp³-hybridized carbons (Fsp3) is 0.360. The van der Waals surface area contributed by atoms with Gasteiger partial charge in [0.25, 0.3) is 0 Å². The van der Waals surface area contributed by atoms with Gasteiger partial charge in [-0.15, -0.1) is 10.2 Å². The van der Waals surface area contributed by atoms with Crippen LogP contribution in [0.3, 0.4) is 0 Å². The minimum absolute atomic E-state index is 0.296. The molecule has 5 rings (SSSR count). The summed E-state index contributed by atoms with van der Waals surface area (Å²) in [4.78, 5) is 18.4. The Morgan fingerprint density at radius 1 is 1.09 bits per heavy atom. The number of aryl methyl sites for hydroxylation is 1. The maximum absolute atomic E-state index is 13.4. The Balaban J connectivity index is 1.15. The van der Waals surface area contributed by atoms with Gasteiger partial charge in [0.15, 0.2) is 0 Å². The van der Waals surface area contributed by atoms with Crippen LogP contribution < -0.4 is 10.2 Å². The molecule has 0 unspecified atom stereocenters. The quantitative estimate of drug-likeness (QED) is 0.563. The van der Waals surface area contributed by atoms with Gasteiger partial charge >= 0.3 is 6.09 Å². The van der Waals surface area contributed by atoms with Crippen molar-refractivity contribution in [2.75, 3.05) is 23.3 Å². The topological polar surface area (TPSA) is 80.2 Å². The normalized spacial score (nSPS) is 22.1. The average Bonchev–Trinajstić information content (AvgIpc) is 3.14. The molecule has 1 amide bonds. The van der Waals surface area contributed by atoms with Gasteiger partial charge in [-0.05, 0) is 74.9 Å². The van der Waals surface area contributed by atoms with Gasteiger partial charge in [0.05, 0.1) is 17.9 Å². The molecule has 0 atom stereocenters. The first kappa shape index (κ1) is 22.2. The molecule has 0 bridgehead atoms. The Labute approximate surface area is 196 Å². The predicted octanol–water partition coefficient (Wildman–Crippen LogP) is 5.12. The van der Waals surface area contributed by atoms with E-state index in [1.165, 1.54) is 12.1 Å². The highest BCUT2D eigenvalue weighted by molar-refractivity contribution is 5.90. The molecule has 1 spiro atoms. The summed E-state index contributed by atoms with van der Waals surface area (Å²) in [6, 6.07) is 10.4. The number of aromatic nitrogens is 3. The van der Waals surface area contributed by atoms with E-state index in [1.54, 1.807) is 23.2 Å². The van der Waals surface area contributed by atoms with Crippen LogP contribution in [0.15, 0.2) is 48.7 Å². The zero-order chi connectivity index (χ0) is 23.7. The third-order valence-corrected chi connectivity index (χ3v) is 6.57. The van der Waals surface area contributed by atoms with Crippen LogP contribution in [0.1, 0.15) is 31.4 Å². The monoisotopic (exact) mass is 465 g/mol. The molecule has 1 aromatic carbocycles. The smallest absolute Gasteiger partial charge is 0.415 e. The lowest BCUT2D eigenvalue weighted by atomic mass is 9.78. The van der Waals surface area contributed by atoms with Crippen molar-refractivity contribution < 1.29 is 18.3 Å². The highest BCUT2D eigenvalue weighted by Gasteiger charge is 2.47. The van der Waals surface area contributed by atoms with E-state index in [9.17, 15) is 13.6 Å². The van der Waals surface area contributed by atoms with Gasteiger partial charge in [-0.1, -0.05) is 0 Å². The number of halogens is 2. The molecule has 3 aromatic rings.